The highest BCUT2D eigenvalue weighted by Gasteiger charge is 2.02. The molecule has 4 heteroatoms. The van der Waals surface area contributed by atoms with Gasteiger partial charge in [0, 0.05) is 11.0 Å². The number of benzene rings is 1. The van der Waals surface area contributed by atoms with E-state index in [4.69, 9.17) is 0 Å². The third-order valence-electron chi connectivity index (χ3n) is 1.57. The van der Waals surface area contributed by atoms with E-state index in [1.165, 1.54) is 0 Å². The topological polar surface area (TPSA) is 12.0 Å². The standard InChI is InChI=1S/C9H10BrF2N/c10-8-4-2-1-3-7(8)5-13-6-9(11)12/h1-4,9,13H,5-6H2. The molecule has 0 aliphatic rings. The Labute approximate surface area is 84.3 Å². The van der Waals surface area contributed by atoms with Crippen molar-refractivity contribution in [3.63, 3.8) is 0 Å². The molecule has 0 aliphatic heterocycles. The molecule has 0 spiro atoms. The van der Waals surface area contributed by atoms with E-state index in [2.05, 4.69) is 21.2 Å². The minimum absolute atomic E-state index is 0.263. The summed E-state index contributed by atoms with van der Waals surface area (Å²) in [6.45, 7) is 0.201. The summed E-state index contributed by atoms with van der Waals surface area (Å²) in [4.78, 5) is 0. The van der Waals surface area contributed by atoms with Crippen LogP contribution in [0, 0.1) is 0 Å². The van der Waals surface area contributed by atoms with Gasteiger partial charge in [-0.05, 0) is 11.6 Å². The number of halogens is 3. The summed E-state index contributed by atoms with van der Waals surface area (Å²) in [6, 6.07) is 7.55. The second kappa shape index (κ2) is 5.29. The van der Waals surface area contributed by atoms with Crippen molar-refractivity contribution >= 4 is 15.9 Å². The molecule has 0 heterocycles. The zero-order valence-corrected chi connectivity index (χ0v) is 8.52. The molecule has 1 nitrogen and oxygen atoms in total. The van der Waals surface area contributed by atoms with Crippen LogP contribution in [-0.2, 0) is 6.54 Å². The third-order valence-corrected chi connectivity index (χ3v) is 2.35. The molecule has 0 aliphatic carbocycles. The van der Waals surface area contributed by atoms with Crippen molar-refractivity contribution in [1.29, 1.82) is 0 Å². The van der Waals surface area contributed by atoms with Crippen LogP contribution in [0.1, 0.15) is 5.56 Å². The van der Waals surface area contributed by atoms with Gasteiger partial charge >= 0.3 is 0 Å². The molecular weight excluding hydrogens is 240 g/mol. The van der Waals surface area contributed by atoms with E-state index < -0.39 is 6.43 Å². The Kier molecular flexibility index (Phi) is 4.32. The Hall–Kier alpha value is -0.480. The smallest absolute Gasteiger partial charge is 0.250 e. The van der Waals surface area contributed by atoms with Crippen LogP contribution in [0.2, 0.25) is 0 Å². The van der Waals surface area contributed by atoms with Crippen LogP contribution in [0.3, 0.4) is 0 Å². The van der Waals surface area contributed by atoms with Crippen molar-refractivity contribution in [2.24, 2.45) is 0 Å². The maximum Gasteiger partial charge on any atom is 0.250 e. The van der Waals surface area contributed by atoms with Gasteiger partial charge in [0.1, 0.15) is 0 Å². The average molecular weight is 250 g/mol. The van der Waals surface area contributed by atoms with Gasteiger partial charge in [-0.3, -0.25) is 0 Å². The van der Waals surface area contributed by atoms with E-state index in [1.807, 2.05) is 24.3 Å². The van der Waals surface area contributed by atoms with Crippen LogP contribution >= 0.6 is 15.9 Å². The van der Waals surface area contributed by atoms with Crippen molar-refractivity contribution in [3.05, 3.63) is 34.3 Å². The predicted molar refractivity (Wildman–Crippen MR) is 51.9 cm³/mol. The number of hydrogen-bond donors (Lipinski definition) is 1. The summed E-state index contributed by atoms with van der Waals surface area (Å²) < 4.78 is 24.5. The van der Waals surface area contributed by atoms with E-state index >= 15 is 0 Å². The Morgan fingerprint density at radius 1 is 1.31 bits per heavy atom. The second-order valence-electron chi connectivity index (χ2n) is 2.61. The van der Waals surface area contributed by atoms with Gasteiger partial charge in [0.2, 0.25) is 0 Å². The van der Waals surface area contributed by atoms with Crippen molar-refractivity contribution in [1.82, 2.24) is 5.32 Å². The van der Waals surface area contributed by atoms with Gasteiger partial charge in [-0.25, -0.2) is 8.78 Å². The zero-order valence-electron chi connectivity index (χ0n) is 6.93. The number of nitrogens with one attached hydrogen (secondary N) is 1. The van der Waals surface area contributed by atoms with E-state index in [1.54, 1.807) is 0 Å². The molecule has 13 heavy (non-hydrogen) atoms. The maximum atomic E-state index is 11.8. The van der Waals surface area contributed by atoms with Crippen molar-refractivity contribution in [2.45, 2.75) is 13.0 Å². The first-order valence-electron chi connectivity index (χ1n) is 3.92. The molecule has 0 saturated heterocycles. The molecule has 1 aromatic carbocycles. The lowest BCUT2D eigenvalue weighted by molar-refractivity contribution is 0.145. The third kappa shape index (κ3) is 3.83. The zero-order chi connectivity index (χ0) is 9.68. The molecule has 0 amide bonds. The average Bonchev–Trinajstić information content (AvgIpc) is 2.08. The summed E-state index contributed by atoms with van der Waals surface area (Å²) >= 11 is 3.34. The van der Waals surface area contributed by atoms with Crippen LogP contribution < -0.4 is 5.32 Å². The molecule has 72 valence electrons. The Morgan fingerprint density at radius 2 is 2.00 bits per heavy atom. The molecule has 1 rings (SSSR count). The molecule has 0 radical (unpaired) electrons. The summed E-state index contributed by atoms with van der Waals surface area (Å²) in [5, 5.41) is 2.66. The first kappa shape index (κ1) is 10.6. The fourth-order valence-corrected chi connectivity index (χ4v) is 1.38. The van der Waals surface area contributed by atoms with Gasteiger partial charge in [0.15, 0.2) is 0 Å². The van der Waals surface area contributed by atoms with Crippen LogP contribution in [0.4, 0.5) is 8.78 Å². The largest absolute Gasteiger partial charge is 0.307 e. The second-order valence-corrected chi connectivity index (χ2v) is 3.47. The minimum Gasteiger partial charge on any atom is -0.307 e. The van der Waals surface area contributed by atoms with Crippen LogP contribution in [-0.4, -0.2) is 13.0 Å². The lowest BCUT2D eigenvalue weighted by Gasteiger charge is -2.05. The first-order chi connectivity index (χ1) is 6.20. The highest BCUT2D eigenvalue weighted by atomic mass is 79.9. The Bertz CT molecular complexity index is 266. The molecule has 0 aromatic heterocycles. The SMILES string of the molecule is FC(F)CNCc1ccccc1Br. The molecule has 0 unspecified atom stereocenters. The minimum atomic E-state index is -2.29. The number of alkyl halides is 2. The van der Waals surface area contributed by atoms with E-state index in [0.717, 1.165) is 10.0 Å². The highest BCUT2D eigenvalue weighted by molar-refractivity contribution is 9.10. The molecule has 0 atom stereocenters. The molecule has 1 N–H and O–H groups in total. The monoisotopic (exact) mass is 249 g/mol. The molecule has 0 fully saturated rings. The normalized spacial score (nSPS) is 10.8. The lowest BCUT2D eigenvalue weighted by atomic mass is 10.2. The highest BCUT2D eigenvalue weighted by Crippen LogP contribution is 2.15. The van der Waals surface area contributed by atoms with Gasteiger partial charge in [-0.2, -0.15) is 0 Å². The maximum absolute atomic E-state index is 11.8. The van der Waals surface area contributed by atoms with E-state index in [0.29, 0.717) is 6.54 Å². The van der Waals surface area contributed by atoms with E-state index in [-0.39, 0.29) is 6.54 Å². The quantitative estimate of drug-likeness (QED) is 0.866. The predicted octanol–water partition coefficient (Wildman–Crippen LogP) is 2.80. The van der Waals surface area contributed by atoms with Crippen molar-refractivity contribution in [3.8, 4) is 0 Å². The molecule has 1 aromatic rings. The van der Waals surface area contributed by atoms with Crippen molar-refractivity contribution in [2.75, 3.05) is 6.54 Å². The Balaban J connectivity index is 2.41. The van der Waals surface area contributed by atoms with Gasteiger partial charge in [0.25, 0.3) is 6.43 Å². The fraction of sp³-hybridized carbons (Fsp3) is 0.333. The van der Waals surface area contributed by atoms with Gasteiger partial charge in [-0.1, -0.05) is 34.1 Å². The number of rotatable bonds is 4. The van der Waals surface area contributed by atoms with Crippen LogP contribution in [0.25, 0.3) is 0 Å². The molecule has 0 bridgehead atoms. The summed E-state index contributed by atoms with van der Waals surface area (Å²) in [5.41, 5.74) is 0.989. The summed E-state index contributed by atoms with van der Waals surface area (Å²) in [5.74, 6) is 0. The van der Waals surface area contributed by atoms with Gasteiger partial charge < -0.3 is 5.32 Å². The Morgan fingerprint density at radius 3 is 2.62 bits per heavy atom. The van der Waals surface area contributed by atoms with Gasteiger partial charge in [-0.15, -0.1) is 0 Å². The fourth-order valence-electron chi connectivity index (χ4n) is 0.958. The number of hydrogen-bond acceptors (Lipinski definition) is 1. The van der Waals surface area contributed by atoms with Crippen LogP contribution in [0.15, 0.2) is 28.7 Å². The summed E-state index contributed by atoms with van der Waals surface area (Å²) in [6.07, 6.45) is -2.29. The van der Waals surface area contributed by atoms with E-state index in [9.17, 15) is 8.78 Å². The van der Waals surface area contributed by atoms with Gasteiger partial charge in [0.05, 0.1) is 6.54 Å². The molecular formula is C9H10BrF2N. The molecule has 0 saturated carbocycles. The van der Waals surface area contributed by atoms with Crippen molar-refractivity contribution < 1.29 is 8.78 Å². The van der Waals surface area contributed by atoms with Crippen LogP contribution in [0.5, 0.6) is 0 Å². The first-order valence-corrected chi connectivity index (χ1v) is 4.71. The lowest BCUT2D eigenvalue weighted by Crippen LogP contribution is -2.20. The summed E-state index contributed by atoms with van der Waals surface area (Å²) in [7, 11) is 0.